The average molecular weight is 446 g/mol. The number of carbonyl (C=O) groups is 2. The molecular weight excluding hydrogens is 414 g/mol. The summed E-state index contributed by atoms with van der Waals surface area (Å²) < 4.78 is 26.5. The van der Waals surface area contributed by atoms with Gasteiger partial charge in [-0.15, -0.1) is 0 Å². The van der Waals surface area contributed by atoms with Crippen molar-refractivity contribution in [1.82, 2.24) is 14.9 Å². The van der Waals surface area contributed by atoms with Gasteiger partial charge in [0.05, 0.1) is 17.4 Å². The summed E-state index contributed by atoms with van der Waals surface area (Å²) in [5, 5.41) is 5.62. The number of hydrogen-bond donors (Lipinski definition) is 2. The van der Waals surface area contributed by atoms with Gasteiger partial charge in [0.2, 0.25) is 21.8 Å². The zero-order valence-corrected chi connectivity index (χ0v) is 19.1. The second-order valence-electron chi connectivity index (χ2n) is 7.21. The SMILES string of the molecule is CCN(CC)S(=O)(=O)c1ccc(C(C)NC(=O)CCNC(=O)Cc2ccccc2)cc1. The standard InChI is InChI=1S/C23H31N3O4S/c1-4-26(5-2)31(29,30)21-13-11-20(12-14-21)18(3)25-22(27)15-16-24-23(28)17-19-9-7-6-8-10-19/h6-14,18H,4-5,15-17H2,1-3H3,(H,24,28)(H,25,27). The summed E-state index contributed by atoms with van der Waals surface area (Å²) in [6.45, 7) is 6.52. The maximum atomic E-state index is 12.6. The van der Waals surface area contributed by atoms with E-state index in [0.29, 0.717) is 13.1 Å². The molecule has 2 rings (SSSR count). The Bertz CT molecular complexity index is 956. The van der Waals surface area contributed by atoms with Gasteiger partial charge < -0.3 is 10.6 Å². The van der Waals surface area contributed by atoms with Gasteiger partial charge in [0.1, 0.15) is 0 Å². The van der Waals surface area contributed by atoms with E-state index in [1.54, 1.807) is 38.1 Å². The Labute approximate surface area is 184 Å². The van der Waals surface area contributed by atoms with Crippen molar-refractivity contribution in [3.8, 4) is 0 Å². The molecule has 2 aromatic carbocycles. The van der Waals surface area contributed by atoms with Crippen LogP contribution in [0.5, 0.6) is 0 Å². The molecule has 0 spiro atoms. The van der Waals surface area contributed by atoms with Crippen LogP contribution < -0.4 is 10.6 Å². The van der Waals surface area contributed by atoms with Gasteiger partial charge in [0.25, 0.3) is 0 Å². The minimum Gasteiger partial charge on any atom is -0.355 e. The maximum absolute atomic E-state index is 12.6. The lowest BCUT2D eigenvalue weighted by Gasteiger charge is -2.19. The van der Waals surface area contributed by atoms with Crippen LogP contribution in [-0.2, 0) is 26.0 Å². The summed E-state index contributed by atoms with van der Waals surface area (Å²) in [4.78, 5) is 24.4. The predicted octanol–water partition coefficient (Wildman–Crippen LogP) is 2.64. The highest BCUT2D eigenvalue weighted by atomic mass is 32.2. The number of nitrogens with zero attached hydrogens (tertiary/aromatic N) is 1. The number of benzene rings is 2. The van der Waals surface area contributed by atoms with E-state index in [1.165, 1.54) is 4.31 Å². The van der Waals surface area contributed by atoms with Crippen molar-refractivity contribution in [2.75, 3.05) is 19.6 Å². The first-order valence-electron chi connectivity index (χ1n) is 10.5. The maximum Gasteiger partial charge on any atom is 0.243 e. The lowest BCUT2D eigenvalue weighted by Crippen LogP contribution is -2.32. The van der Waals surface area contributed by atoms with Gasteiger partial charge >= 0.3 is 0 Å². The molecule has 0 bridgehead atoms. The lowest BCUT2D eigenvalue weighted by molar-refractivity contribution is -0.122. The first kappa shape index (κ1) is 24.6. The van der Waals surface area contributed by atoms with E-state index in [4.69, 9.17) is 0 Å². The molecule has 1 unspecified atom stereocenters. The quantitative estimate of drug-likeness (QED) is 0.556. The van der Waals surface area contributed by atoms with Crippen LogP contribution in [-0.4, -0.2) is 44.2 Å². The topological polar surface area (TPSA) is 95.6 Å². The molecule has 0 fully saturated rings. The number of amides is 2. The zero-order chi connectivity index (χ0) is 22.9. The fraction of sp³-hybridized carbons (Fsp3) is 0.391. The second kappa shape index (κ2) is 11.6. The lowest BCUT2D eigenvalue weighted by atomic mass is 10.1. The molecule has 2 amide bonds. The molecule has 1 atom stereocenters. The molecule has 31 heavy (non-hydrogen) atoms. The van der Waals surface area contributed by atoms with E-state index in [0.717, 1.165) is 11.1 Å². The van der Waals surface area contributed by atoms with E-state index < -0.39 is 10.0 Å². The Morgan fingerprint density at radius 2 is 1.55 bits per heavy atom. The van der Waals surface area contributed by atoms with Crippen molar-refractivity contribution >= 4 is 21.8 Å². The Kier molecular flexibility index (Phi) is 9.21. The van der Waals surface area contributed by atoms with Crippen molar-refractivity contribution in [1.29, 1.82) is 0 Å². The Balaban J connectivity index is 1.82. The summed E-state index contributed by atoms with van der Waals surface area (Å²) in [5.41, 5.74) is 1.73. The predicted molar refractivity (Wildman–Crippen MR) is 121 cm³/mol. The highest BCUT2D eigenvalue weighted by molar-refractivity contribution is 7.89. The van der Waals surface area contributed by atoms with Crippen molar-refractivity contribution in [2.24, 2.45) is 0 Å². The van der Waals surface area contributed by atoms with Crippen LogP contribution >= 0.6 is 0 Å². The van der Waals surface area contributed by atoms with Crippen LogP contribution in [0.2, 0.25) is 0 Å². The second-order valence-corrected chi connectivity index (χ2v) is 9.15. The molecule has 0 heterocycles. The first-order valence-corrected chi connectivity index (χ1v) is 11.9. The summed E-state index contributed by atoms with van der Waals surface area (Å²) in [7, 11) is -3.50. The number of carbonyl (C=O) groups excluding carboxylic acids is 2. The van der Waals surface area contributed by atoms with E-state index in [9.17, 15) is 18.0 Å². The number of rotatable bonds is 11. The minimum atomic E-state index is -3.50. The molecule has 0 aromatic heterocycles. The van der Waals surface area contributed by atoms with Crippen LogP contribution in [0.15, 0.2) is 59.5 Å². The third kappa shape index (κ3) is 7.18. The van der Waals surface area contributed by atoms with Crippen LogP contribution in [0, 0.1) is 0 Å². The van der Waals surface area contributed by atoms with E-state index in [2.05, 4.69) is 10.6 Å². The highest BCUT2D eigenvalue weighted by Gasteiger charge is 2.21. The van der Waals surface area contributed by atoms with Gasteiger partial charge in [-0.05, 0) is 30.2 Å². The molecule has 0 aliphatic heterocycles. The normalized spacial score (nSPS) is 12.4. The average Bonchev–Trinajstić information content (AvgIpc) is 2.75. The summed E-state index contributed by atoms with van der Waals surface area (Å²) in [5.74, 6) is -0.315. The van der Waals surface area contributed by atoms with Gasteiger partial charge in [-0.3, -0.25) is 9.59 Å². The molecule has 0 saturated heterocycles. The van der Waals surface area contributed by atoms with E-state index >= 15 is 0 Å². The van der Waals surface area contributed by atoms with Crippen LogP contribution in [0.4, 0.5) is 0 Å². The number of sulfonamides is 1. The fourth-order valence-corrected chi connectivity index (χ4v) is 4.66. The zero-order valence-electron chi connectivity index (χ0n) is 18.3. The Hall–Kier alpha value is -2.71. The third-order valence-corrected chi connectivity index (χ3v) is 7.05. The number of hydrogen-bond acceptors (Lipinski definition) is 4. The smallest absolute Gasteiger partial charge is 0.243 e. The van der Waals surface area contributed by atoms with Gasteiger partial charge in [-0.2, -0.15) is 4.31 Å². The van der Waals surface area contributed by atoms with E-state index in [1.807, 2.05) is 37.3 Å². The Morgan fingerprint density at radius 3 is 2.13 bits per heavy atom. The van der Waals surface area contributed by atoms with Crippen LogP contribution in [0.1, 0.15) is 44.4 Å². The van der Waals surface area contributed by atoms with Crippen molar-refractivity contribution in [3.63, 3.8) is 0 Å². The molecule has 8 heteroatoms. The molecule has 2 N–H and O–H groups in total. The summed E-state index contributed by atoms with van der Waals surface area (Å²) in [6.07, 6.45) is 0.445. The van der Waals surface area contributed by atoms with Crippen LogP contribution in [0.25, 0.3) is 0 Å². The highest BCUT2D eigenvalue weighted by Crippen LogP contribution is 2.19. The summed E-state index contributed by atoms with van der Waals surface area (Å²) >= 11 is 0. The molecular formula is C23H31N3O4S. The minimum absolute atomic E-state index is 0.128. The molecule has 0 aliphatic rings. The molecule has 0 radical (unpaired) electrons. The van der Waals surface area contributed by atoms with Gasteiger partial charge in [-0.25, -0.2) is 8.42 Å². The van der Waals surface area contributed by atoms with E-state index in [-0.39, 0.29) is 42.1 Å². The van der Waals surface area contributed by atoms with Gasteiger partial charge in [0.15, 0.2) is 0 Å². The fourth-order valence-electron chi connectivity index (χ4n) is 3.20. The molecule has 0 aliphatic carbocycles. The third-order valence-electron chi connectivity index (χ3n) is 4.98. The molecule has 2 aromatic rings. The summed E-state index contributed by atoms with van der Waals surface area (Å²) in [6, 6.07) is 15.7. The first-order chi connectivity index (χ1) is 14.8. The Morgan fingerprint density at radius 1 is 0.935 bits per heavy atom. The van der Waals surface area contributed by atoms with Crippen molar-refractivity contribution in [3.05, 3.63) is 65.7 Å². The monoisotopic (exact) mass is 445 g/mol. The van der Waals surface area contributed by atoms with Gasteiger partial charge in [-0.1, -0.05) is 56.3 Å². The van der Waals surface area contributed by atoms with Crippen molar-refractivity contribution < 1.29 is 18.0 Å². The largest absolute Gasteiger partial charge is 0.355 e. The number of nitrogens with one attached hydrogen (secondary N) is 2. The van der Waals surface area contributed by atoms with Gasteiger partial charge in [0, 0.05) is 26.1 Å². The van der Waals surface area contributed by atoms with Crippen molar-refractivity contribution in [2.45, 2.75) is 44.6 Å². The molecule has 7 nitrogen and oxygen atoms in total. The van der Waals surface area contributed by atoms with Crippen LogP contribution in [0.3, 0.4) is 0 Å². The molecule has 0 saturated carbocycles. The molecule has 168 valence electrons.